The molecule has 0 bridgehead atoms. The van der Waals surface area contributed by atoms with E-state index in [-0.39, 0.29) is 17.9 Å². The number of fused-ring (bicyclic) bond motifs is 1. The molecule has 5 nitrogen and oxygen atoms in total. The lowest BCUT2D eigenvalue weighted by molar-refractivity contribution is -0.114. The smallest absolute Gasteiger partial charge is 0.251 e. The molecular weight excluding hydrogens is 278 g/mol. The van der Waals surface area contributed by atoms with Gasteiger partial charge in [0.05, 0.1) is 0 Å². The monoisotopic (exact) mass is 301 g/mol. The van der Waals surface area contributed by atoms with Crippen LogP contribution in [-0.4, -0.2) is 41.9 Å². The lowest BCUT2D eigenvalue weighted by Crippen LogP contribution is -2.46. The van der Waals surface area contributed by atoms with Gasteiger partial charge in [0.15, 0.2) is 0 Å². The van der Waals surface area contributed by atoms with Crippen molar-refractivity contribution in [1.29, 1.82) is 0 Å². The molecule has 2 aliphatic rings. The van der Waals surface area contributed by atoms with Crippen LogP contribution in [0, 0.1) is 0 Å². The Morgan fingerprint density at radius 1 is 1.18 bits per heavy atom. The number of nitrogens with one attached hydrogen (secondary N) is 2. The summed E-state index contributed by atoms with van der Waals surface area (Å²) in [6.07, 6.45) is 4.74. The third-order valence-corrected chi connectivity index (χ3v) is 4.62. The molecule has 0 aromatic heterocycles. The van der Waals surface area contributed by atoms with Crippen molar-refractivity contribution in [2.75, 3.05) is 18.4 Å². The minimum Gasteiger partial charge on any atom is -0.348 e. The fraction of sp³-hybridized carbons (Fsp3) is 0.529. The summed E-state index contributed by atoms with van der Waals surface area (Å²) in [4.78, 5) is 26.1. The molecule has 2 heterocycles. The molecule has 0 aliphatic carbocycles. The molecule has 1 aromatic carbocycles. The molecule has 0 unspecified atom stereocenters. The quantitative estimate of drug-likeness (QED) is 0.897. The number of benzene rings is 1. The summed E-state index contributed by atoms with van der Waals surface area (Å²) in [6, 6.07) is 7.84. The van der Waals surface area contributed by atoms with Crippen LogP contribution in [0.1, 0.15) is 43.0 Å². The zero-order chi connectivity index (χ0) is 15.5. The van der Waals surface area contributed by atoms with E-state index in [9.17, 15) is 9.59 Å². The second kappa shape index (κ2) is 6.48. The van der Waals surface area contributed by atoms with Crippen LogP contribution < -0.4 is 10.6 Å². The molecule has 0 saturated carbocycles. The maximum absolute atomic E-state index is 12.5. The zero-order valence-electron chi connectivity index (χ0n) is 13.0. The van der Waals surface area contributed by atoms with Gasteiger partial charge in [-0.05, 0) is 44.0 Å². The summed E-state index contributed by atoms with van der Waals surface area (Å²) in [5, 5.41) is 5.89. The van der Waals surface area contributed by atoms with E-state index in [1.807, 2.05) is 0 Å². The number of nitrogens with zero attached hydrogens (tertiary/aromatic N) is 1. The molecule has 0 radical (unpaired) electrons. The van der Waals surface area contributed by atoms with E-state index in [4.69, 9.17) is 0 Å². The Balaban J connectivity index is 1.65. The second-order valence-corrected chi connectivity index (χ2v) is 6.23. The number of carbonyl (C=O) groups excluding carboxylic acids is 2. The van der Waals surface area contributed by atoms with Gasteiger partial charge in [0.1, 0.15) is 0 Å². The van der Waals surface area contributed by atoms with Crippen LogP contribution in [0.15, 0.2) is 24.3 Å². The standard InChI is InChI=1S/C17H23N3O2/c1-12(21)18-14-6-4-5-13(11-14)17(22)19-15-8-10-20-9-3-2-7-16(15)20/h4-6,11,15-16H,2-3,7-10H2,1H3,(H,18,21)(H,19,22)/t15-,16+/m0/s1. The van der Waals surface area contributed by atoms with Crippen LogP contribution in [0.2, 0.25) is 0 Å². The molecule has 22 heavy (non-hydrogen) atoms. The van der Waals surface area contributed by atoms with Crippen LogP contribution in [0.4, 0.5) is 5.69 Å². The number of carbonyl (C=O) groups is 2. The fourth-order valence-corrected chi connectivity index (χ4v) is 3.61. The summed E-state index contributed by atoms with van der Waals surface area (Å²) < 4.78 is 0. The first-order chi connectivity index (χ1) is 10.6. The minimum absolute atomic E-state index is 0.0513. The van der Waals surface area contributed by atoms with Crippen molar-refractivity contribution < 1.29 is 9.59 Å². The van der Waals surface area contributed by atoms with Gasteiger partial charge in [-0.1, -0.05) is 12.5 Å². The van der Waals surface area contributed by atoms with E-state index in [2.05, 4.69) is 15.5 Å². The predicted molar refractivity (Wildman–Crippen MR) is 85.8 cm³/mol. The third kappa shape index (κ3) is 3.30. The highest BCUT2D eigenvalue weighted by Gasteiger charge is 2.36. The van der Waals surface area contributed by atoms with Crippen LogP contribution >= 0.6 is 0 Å². The molecule has 3 rings (SSSR count). The first-order valence-electron chi connectivity index (χ1n) is 8.06. The van der Waals surface area contributed by atoms with Gasteiger partial charge >= 0.3 is 0 Å². The van der Waals surface area contributed by atoms with Crippen LogP contribution in [0.3, 0.4) is 0 Å². The highest BCUT2D eigenvalue weighted by molar-refractivity contribution is 5.97. The highest BCUT2D eigenvalue weighted by Crippen LogP contribution is 2.27. The van der Waals surface area contributed by atoms with Crippen LogP contribution in [0.25, 0.3) is 0 Å². The Labute approximate surface area is 131 Å². The van der Waals surface area contributed by atoms with Crippen molar-refractivity contribution in [3.05, 3.63) is 29.8 Å². The van der Waals surface area contributed by atoms with Crippen molar-refractivity contribution in [3.63, 3.8) is 0 Å². The first-order valence-corrected chi connectivity index (χ1v) is 8.06. The van der Waals surface area contributed by atoms with E-state index < -0.39 is 0 Å². The third-order valence-electron chi connectivity index (χ3n) is 4.62. The van der Waals surface area contributed by atoms with E-state index in [1.54, 1.807) is 24.3 Å². The number of rotatable bonds is 3. The number of piperidine rings is 1. The fourth-order valence-electron chi connectivity index (χ4n) is 3.61. The molecule has 0 spiro atoms. The van der Waals surface area contributed by atoms with Gasteiger partial charge in [-0.3, -0.25) is 14.5 Å². The first kappa shape index (κ1) is 15.0. The lowest BCUT2D eigenvalue weighted by Gasteiger charge is -2.32. The molecule has 2 fully saturated rings. The van der Waals surface area contributed by atoms with Crippen LogP contribution in [0.5, 0.6) is 0 Å². The number of amides is 2. The number of hydrogen-bond donors (Lipinski definition) is 2. The number of anilines is 1. The van der Waals surface area contributed by atoms with Gasteiger partial charge in [-0.25, -0.2) is 0 Å². The molecule has 1 aromatic rings. The summed E-state index contributed by atoms with van der Waals surface area (Å²) in [5.41, 5.74) is 1.26. The maximum atomic E-state index is 12.5. The highest BCUT2D eigenvalue weighted by atomic mass is 16.2. The van der Waals surface area contributed by atoms with Crippen molar-refractivity contribution >= 4 is 17.5 Å². The number of hydrogen-bond acceptors (Lipinski definition) is 3. The lowest BCUT2D eigenvalue weighted by atomic mass is 9.99. The van der Waals surface area contributed by atoms with Crippen LogP contribution in [-0.2, 0) is 4.79 Å². The summed E-state index contributed by atoms with van der Waals surface area (Å²) in [5.74, 6) is -0.184. The molecular formula is C17H23N3O2. The molecule has 5 heteroatoms. The molecule has 2 amide bonds. The summed E-state index contributed by atoms with van der Waals surface area (Å²) in [7, 11) is 0. The van der Waals surface area contributed by atoms with Crippen molar-refractivity contribution in [1.82, 2.24) is 10.2 Å². The van der Waals surface area contributed by atoms with E-state index >= 15 is 0 Å². The summed E-state index contributed by atoms with van der Waals surface area (Å²) in [6.45, 7) is 3.71. The predicted octanol–water partition coefficient (Wildman–Crippen LogP) is 2.00. The maximum Gasteiger partial charge on any atom is 0.251 e. The average Bonchev–Trinajstić information content (AvgIpc) is 2.90. The topological polar surface area (TPSA) is 61.4 Å². The van der Waals surface area contributed by atoms with Crippen molar-refractivity contribution in [3.8, 4) is 0 Å². The molecule has 118 valence electrons. The Morgan fingerprint density at radius 3 is 2.86 bits per heavy atom. The Kier molecular flexibility index (Phi) is 4.43. The Bertz CT molecular complexity index is 573. The molecule has 2 saturated heterocycles. The van der Waals surface area contributed by atoms with E-state index in [1.165, 1.54) is 26.2 Å². The normalized spacial score (nSPS) is 24.6. The summed E-state index contributed by atoms with van der Waals surface area (Å²) >= 11 is 0. The van der Waals surface area contributed by atoms with Gasteiger partial charge in [0.25, 0.3) is 5.91 Å². The Hall–Kier alpha value is -1.88. The van der Waals surface area contributed by atoms with Gasteiger partial charge in [-0.15, -0.1) is 0 Å². The van der Waals surface area contributed by atoms with Crippen molar-refractivity contribution in [2.45, 2.75) is 44.7 Å². The van der Waals surface area contributed by atoms with Crippen molar-refractivity contribution in [2.24, 2.45) is 0 Å². The second-order valence-electron chi connectivity index (χ2n) is 6.23. The van der Waals surface area contributed by atoms with Gasteiger partial charge < -0.3 is 10.6 Å². The SMILES string of the molecule is CC(=O)Nc1cccc(C(=O)N[C@H]2CCN3CCCC[C@H]23)c1. The van der Waals surface area contributed by atoms with Gasteiger partial charge in [0, 0.05) is 36.8 Å². The van der Waals surface area contributed by atoms with Gasteiger partial charge in [0.2, 0.25) is 5.91 Å². The zero-order valence-corrected chi connectivity index (χ0v) is 13.0. The minimum atomic E-state index is -0.133. The van der Waals surface area contributed by atoms with E-state index in [0.29, 0.717) is 17.3 Å². The van der Waals surface area contributed by atoms with E-state index in [0.717, 1.165) is 19.5 Å². The largest absolute Gasteiger partial charge is 0.348 e. The Morgan fingerprint density at radius 2 is 2.05 bits per heavy atom. The molecule has 2 aliphatic heterocycles. The van der Waals surface area contributed by atoms with Gasteiger partial charge in [-0.2, -0.15) is 0 Å². The molecule has 2 atom stereocenters. The molecule has 2 N–H and O–H groups in total. The average molecular weight is 301 g/mol.